The average Bonchev–Trinajstić information content (AvgIpc) is 2.62. The molecular formula is C21H26FN3O2. The van der Waals surface area contributed by atoms with Crippen molar-refractivity contribution < 1.29 is 14.0 Å². The van der Waals surface area contributed by atoms with Crippen molar-refractivity contribution in [2.45, 2.75) is 19.9 Å². The van der Waals surface area contributed by atoms with Crippen molar-refractivity contribution in [3.8, 4) is 0 Å². The molecule has 1 unspecified atom stereocenters. The smallest absolute Gasteiger partial charge is 0.251 e. The van der Waals surface area contributed by atoms with Gasteiger partial charge in [0.15, 0.2) is 0 Å². The Kier molecular flexibility index (Phi) is 7.07. The van der Waals surface area contributed by atoms with Gasteiger partial charge < -0.3 is 15.5 Å². The van der Waals surface area contributed by atoms with E-state index in [1.807, 2.05) is 45.0 Å². The Hall–Kier alpha value is -2.73. The number of aryl methyl sites for hydroxylation is 2. The molecule has 0 aliphatic heterocycles. The Morgan fingerprint density at radius 2 is 1.78 bits per heavy atom. The molecule has 0 heterocycles. The third-order valence-electron chi connectivity index (χ3n) is 4.53. The van der Waals surface area contributed by atoms with E-state index in [-0.39, 0.29) is 30.2 Å². The molecule has 1 atom stereocenters. The number of halogens is 1. The number of carbonyl (C=O) groups is 2. The summed E-state index contributed by atoms with van der Waals surface area (Å²) in [6, 6.07) is 11.6. The molecule has 2 rings (SSSR count). The van der Waals surface area contributed by atoms with E-state index >= 15 is 0 Å². The van der Waals surface area contributed by atoms with Crippen LogP contribution in [0.3, 0.4) is 0 Å². The summed E-state index contributed by atoms with van der Waals surface area (Å²) in [6.07, 6.45) is 0. The van der Waals surface area contributed by atoms with Crippen molar-refractivity contribution in [3.63, 3.8) is 0 Å². The van der Waals surface area contributed by atoms with Crippen molar-refractivity contribution in [1.29, 1.82) is 0 Å². The zero-order valence-corrected chi connectivity index (χ0v) is 16.2. The molecule has 0 saturated heterocycles. The summed E-state index contributed by atoms with van der Waals surface area (Å²) < 4.78 is 13.5. The van der Waals surface area contributed by atoms with Gasteiger partial charge in [0, 0.05) is 12.1 Å². The average molecular weight is 371 g/mol. The van der Waals surface area contributed by atoms with Gasteiger partial charge in [-0.1, -0.05) is 18.2 Å². The first-order valence-electron chi connectivity index (χ1n) is 8.82. The van der Waals surface area contributed by atoms with Crippen LogP contribution in [-0.4, -0.2) is 43.9 Å². The van der Waals surface area contributed by atoms with Gasteiger partial charge in [-0.2, -0.15) is 0 Å². The van der Waals surface area contributed by atoms with Crippen molar-refractivity contribution >= 4 is 11.8 Å². The molecule has 0 aromatic heterocycles. The molecular weight excluding hydrogens is 345 g/mol. The molecule has 2 N–H and O–H groups in total. The van der Waals surface area contributed by atoms with Gasteiger partial charge in [-0.15, -0.1) is 0 Å². The fourth-order valence-corrected chi connectivity index (χ4v) is 2.73. The maximum atomic E-state index is 13.5. The number of amides is 2. The van der Waals surface area contributed by atoms with Crippen molar-refractivity contribution in [1.82, 2.24) is 15.5 Å². The van der Waals surface area contributed by atoms with Gasteiger partial charge in [-0.05, 0) is 68.9 Å². The Morgan fingerprint density at radius 3 is 2.41 bits per heavy atom. The summed E-state index contributed by atoms with van der Waals surface area (Å²) in [5, 5.41) is 5.41. The second-order valence-electron chi connectivity index (χ2n) is 6.82. The SMILES string of the molecule is Cc1ccc(C(=O)NCC(=O)NCC(c2cccc(F)c2)N(C)C)cc1C. The Morgan fingerprint density at radius 1 is 1.04 bits per heavy atom. The van der Waals surface area contributed by atoms with Crippen LogP contribution in [0.4, 0.5) is 4.39 Å². The highest BCUT2D eigenvalue weighted by Crippen LogP contribution is 2.18. The summed E-state index contributed by atoms with van der Waals surface area (Å²) in [5.74, 6) is -0.899. The molecule has 144 valence electrons. The molecule has 2 aromatic rings. The molecule has 0 aliphatic rings. The number of rotatable bonds is 7. The second-order valence-corrected chi connectivity index (χ2v) is 6.82. The fourth-order valence-electron chi connectivity index (χ4n) is 2.73. The van der Waals surface area contributed by atoms with Gasteiger partial charge in [0.2, 0.25) is 5.91 Å². The van der Waals surface area contributed by atoms with Crippen LogP contribution in [0, 0.1) is 19.7 Å². The van der Waals surface area contributed by atoms with Crippen LogP contribution in [0.25, 0.3) is 0 Å². The molecule has 0 fully saturated rings. The lowest BCUT2D eigenvalue weighted by atomic mass is 10.1. The van der Waals surface area contributed by atoms with E-state index in [4.69, 9.17) is 0 Å². The largest absolute Gasteiger partial charge is 0.353 e. The maximum absolute atomic E-state index is 13.5. The van der Waals surface area contributed by atoms with E-state index in [2.05, 4.69) is 10.6 Å². The first-order valence-corrected chi connectivity index (χ1v) is 8.82. The zero-order valence-electron chi connectivity index (χ0n) is 16.2. The predicted octanol–water partition coefficient (Wildman–Crippen LogP) is 2.59. The number of carbonyl (C=O) groups excluding carboxylic acids is 2. The number of nitrogens with one attached hydrogen (secondary N) is 2. The van der Waals surface area contributed by atoms with Gasteiger partial charge in [0.05, 0.1) is 12.6 Å². The van der Waals surface area contributed by atoms with Gasteiger partial charge in [-0.25, -0.2) is 4.39 Å². The van der Waals surface area contributed by atoms with E-state index < -0.39 is 0 Å². The normalized spacial score (nSPS) is 11.9. The van der Waals surface area contributed by atoms with Crippen molar-refractivity contribution in [2.24, 2.45) is 0 Å². The van der Waals surface area contributed by atoms with Crippen LogP contribution >= 0.6 is 0 Å². The Balaban J connectivity index is 1.88. The third kappa shape index (κ3) is 5.89. The standard InChI is InChI=1S/C21H26FN3O2/c1-14-8-9-17(10-15(14)2)21(27)24-13-20(26)23-12-19(25(3)4)16-6-5-7-18(22)11-16/h5-11,19H,12-13H2,1-4H3,(H,23,26)(H,24,27). The van der Waals surface area contributed by atoms with E-state index in [1.165, 1.54) is 12.1 Å². The number of hydrogen-bond acceptors (Lipinski definition) is 3. The lowest BCUT2D eigenvalue weighted by molar-refractivity contribution is -0.120. The van der Waals surface area contributed by atoms with E-state index in [0.29, 0.717) is 12.1 Å². The van der Waals surface area contributed by atoms with Gasteiger partial charge in [0.25, 0.3) is 5.91 Å². The summed E-state index contributed by atoms with van der Waals surface area (Å²) in [5.41, 5.74) is 3.43. The van der Waals surface area contributed by atoms with Crippen molar-refractivity contribution in [2.75, 3.05) is 27.2 Å². The van der Waals surface area contributed by atoms with Crippen LogP contribution < -0.4 is 10.6 Å². The van der Waals surface area contributed by atoms with Crippen LogP contribution in [0.1, 0.15) is 33.1 Å². The lowest BCUT2D eigenvalue weighted by Gasteiger charge is -2.25. The van der Waals surface area contributed by atoms with Crippen molar-refractivity contribution in [3.05, 3.63) is 70.5 Å². The van der Waals surface area contributed by atoms with Gasteiger partial charge in [-0.3, -0.25) is 9.59 Å². The van der Waals surface area contributed by atoms with Gasteiger partial charge >= 0.3 is 0 Å². The molecule has 0 spiro atoms. The fraction of sp³-hybridized carbons (Fsp3) is 0.333. The lowest BCUT2D eigenvalue weighted by Crippen LogP contribution is -2.40. The zero-order chi connectivity index (χ0) is 20.0. The summed E-state index contributed by atoms with van der Waals surface area (Å²) in [7, 11) is 3.73. The highest BCUT2D eigenvalue weighted by molar-refractivity contribution is 5.96. The highest BCUT2D eigenvalue weighted by Gasteiger charge is 2.16. The summed E-state index contributed by atoms with van der Waals surface area (Å²) in [6.45, 7) is 4.11. The molecule has 0 bridgehead atoms. The second kappa shape index (κ2) is 9.28. The van der Waals surface area contributed by atoms with E-state index in [0.717, 1.165) is 16.7 Å². The topological polar surface area (TPSA) is 61.4 Å². The minimum absolute atomic E-state index is 0.116. The molecule has 0 aliphatic carbocycles. The van der Waals surface area contributed by atoms with Crippen LogP contribution in [0.2, 0.25) is 0 Å². The van der Waals surface area contributed by atoms with Crippen LogP contribution in [0.5, 0.6) is 0 Å². The summed E-state index contributed by atoms with van der Waals surface area (Å²) in [4.78, 5) is 26.2. The minimum Gasteiger partial charge on any atom is -0.353 e. The Labute approximate surface area is 159 Å². The molecule has 27 heavy (non-hydrogen) atoms. The van der Waals surface area contributed by atoms with Gasteiger partial charge in [0.1, 0.15) is 5.82 Å². The molecule has 5 nitrogen and oxygen atoms in total. The quantitative estimate of drug-likeness (QED) is 0.786. The third-order valence-corrected chi connectivity index (χ3v) is 4.53. The molecule has 2 aromatic carbocycles. The first-order chi connectivity index (χ1) is 12.8. The summed E-state index contributed by atoms with van der Waals surface area (Å²) >= 11 is 0. The van der Waals surface area contributed by atoms with Crippen LogP contribution in [0.15, 0.2) is 42.5 Å². The number of nitrogens with zero attached hydrogens (tertiary/aromatic N) is 1. The maximum Gasteiger partial charge on any atom is 0.251 e. The highest BCUT2D eigenvalue weighted by atomic mass is 19.1. The number of benzene rings is 2. The van der Waals surface area contributed by atoms with E-state index in [9.17, 15) is 14.0 Å². The Bertz CT molecular complexity index is 821. The van der Waals surface area contributed by atoms with Crippen LogP contribution in [-0.2, 0) is 4.79 Å². The molecule has 0 saturated carbocycles. The van der Waals surface area contributed by atoms with E-state index in [1.54, 1.807) is 18.2 Å². The molecule has 2 amide bonds. The number of likely N-dealkylation sites (N-methyl/N-ethyl adjacent to an activating group) is 1. The molecule has 0 radical (unpaired) electrons. The molecule has 6 heteroatoms. The first kappa shape index (κ1) is 20.6. The predicted molar refractivity (Wildman–Crippen MR) is 104 cm³/mol. The number of hydrogen-bond donors (Lipinski definition) is 2. The monoisotopic (exact) mass is 371 g/mol. The minimum atomic E-state index is -0.314.